The fourth-order valence-corrected chi connectivity index (χ4v) is 1.93. The molecule has 4 heteroatoms. The highest BCUT2D eigenvalue weighted by Gasteiger charge is 2.03. The number of imidazole rings is 1. The third-order valence-corrected chi connectivity index (χ3v) is 2.75. The van der Waals surface area contributed by atoms with Gasteiger partial charge in [-0.3, -0.25) is 5.10 Å². The first kappa shape index (κ1) is 9.15. The van der Waals surface area contributed by atoms with Gasteiger partial charge in [0.15, 0.2) is 0 Å². The van der Waals surface area contributed by atoms with E-state index in [1.165, 1.54) is 5.56 Å². The van der Waals surface area contributed by atoms with Crippen LogP contribution < -0.4 is 0 Å². The van der Waals surface area contributed by atoms with Gasteiger partial charge >= 0.3 is 0 Å². The number of para-hydroxylation sites is 1. The second-order valence-corrected chi connectivity index (χ2v) is 3.79. The second kappa shape index (κ2) is 3.81. The number of H-pyrrole nitrogens is 2. The lowest BCUT2D eigenvalue weighted by Crippen LogP contribution is -1.94. The van der Waals surface area contributed by atoms with Crippen molar-refractivity contribution in [3.63, 3.8) is 0 Å². The maximum Gasteiger partial charge on any atom is 0.106 e. The molecule has 3 rings (SSSR count). The number of aromatic amines is 2. The van der Waals surface area contributed by atoms with Crippen LogP contribution in [-0.2, 0) is 12.8 Å². The molecule has 0 saturated heterocycles. The molecule has 0 spiro atoms. The van der Waals surface area contributed by atoms with Crippen molar-refractivity contribution >= 4 is 10.9 Å². The summed E-state index contributed by atoms with van der Waals surface area (Å²) in [5.41, 5.74) is 2.42. The van der Waals surface area contributed by atoms with Crippen LogP contribution in [0, 0.1) is 0 Å². The van der Waals surface area contributed by atoms with Gasteiger partial charge in [0.25, 0.3) is 0 Å². The largest absolute Gasteiger partial charge is 0.349 e. The Morgan fingerprint density at radius 2 is 2.19 bits per heavy atom. The molecule has 3 aromatic rings. The molecule has 0 aliphatic heterocycles. The average Bonchev–Trinajstić information content (AvgIpc) is 2.97. The highest BCUT2D eigenvalue weighted by Crippen LogP contribution is 2.16. The molecule has 0 atom stereocenters. The Labute approximate surface area is 92.7 Å². The van der Waals surface area contributed by atoms with Crippen LogP contribution in [0.1, 0.15) is 11.4 Å². The van der Waals surface area contributed by atoms with Gasteiger partial charge in [0, 0.05) is 24.2 Å². The van der Waals surface area contributed by atoms with Crippen molar-refractivity contribution in [1.82, 2.24) is 20.2 Å². The van der Waals surface area contributed by atoms with Crippen LogP contribution in [0.3, 0.4) is 0 Å². The molecule has 0 unspecified atom stereocenters. The Bertz CT molecular complexity index is 580. The predicted octanol–water partition coefficient (Wildman–Crippen LogP) is 2.07. The van der Waals surface area contributed by atoms with Gasteiger partial charge in [-0.2, -0.15) is 5.10 Å². The van der Waals surface area contributed by atoms with Crippen LogP contribution in [-0.4, -0.2) is 20.2 Å². The van der Waals surface area contributed by atoms with Gasteiger partial charge in [-0.05, 0) is 12.0 Å². The molecule has 0 aliphatic rings. The molecule has 2 N–H and O–H groups in total. The SMILES string of the molecule is c1cc(CCc2ncc[nH]2)c2[nH]ncc2c1. The van der Waals surface area contributed by atoms with E-state index in [2.05, 4.69) is 38.4 Å². The Hall–Kier alpha value is -2.10. The fraction of sp³-hybridized carbons (Fsp3) is 0.167. The van der Waals surface area contributed by atoms with Gasteiger partial charge in [-0.25, -0.2) is 4.98 Å². The van der Waals surface area contributed by atoms with Gasteiger partial charge in [0.1, 0.15) is 5.82 Å². The molecule has 0 aliphatic carbocycles. The van der Waals surface area contributed by atoms with Crippen molar-refractivity contribution in [2.24, 2.45) is 0 Å². The first-order valence-electron chi connectivity index (χ1n) is 5.33. The van der Waals surface area contributed by atoms with Crippen molar-refractivity contribution in [2.75, 3.05) is 0 Å². The smallest absolute Gasteiger partial charge is 0.106 e. The summed E-state index contributed by atoms with van der Waals surface area (Å²) in [4.78, 5) is 7.33. The van der Waals surface area contributed by atoms with E-state index in [-0.39, 0.29) is 0 Å². The highest BCUT2D eigenvalue weighted by atomic mass is 15.1. The molecular formula is C12H12N4. The molecule has 4 nitrogen and oxygen atoms in total. The Balaban J connectivity index is 1.86. The standard InChI is InChI=1S/C12H12N4/c1-2-9(4-5-11-13-6-7-14-11)12-10(3-1)8-15-16-12/h1-3,6-8H,4-5H2,(H,13,14)(H,15,16). The number of nitrogens with one attached hydrogen (secondary N) is 2. The molecule has 2 heterocycles. The zero-order valence-electron chi connectivity index (χ0n) is 8.77. The van der Waals surface area contributed by atoms with Crippen LogP contribution in [0.4, 0.5) is 0 Å². The van der Waals surface area contributed by atoms with Crippen molar-refractivity contribution in [3.8, 4) is 0 Å². The molecule has 1 aromatic carbocycles. The van der Waals surface area contributed by atoms with Gasteiger partial charge < -0.3 is 4.98 Å². The molecule has 80 valence electrons. The molecule has 0 saturated carbocycles. The van der Waals surface area contributed by atoms with Crippen LogP contribution in [0.2, 0.25) is 0 Å². The van der Waals surface area contributed by atoms with Crippen LogP contribution >= 0.6 is 0 Å². The second-order valence-electron chi connectivity index (χ2n) is 3.79. The van der Waals surface area contributed by atoms with Crippen molar-refractivity contribution in [3.05, 3.63) is 48.2 Å². The quantitative estimate of drug-likeness (QED) is 0.698. The van der Waals surface area contributed by atoms with Crippen molar-refractivity contribution in [2.45, 2.75) is 12.8 Å². The Kier molecular flexibility index (Phi) is 2.18. The topological polar surface area (TPSA) is 57.4 Å². The minimum Gasteiger partial charge on any atom is -0.349 e. The number of nitrogens with zero attached hydrogens (tertiary/aromatic N) is 2. The van der Waals surface area contributed by atoms with E-state index in [1.807, 2.05) is 12.4 Å². The summed E-state index contributed by atoms with van der Waals surface area (Å²) in [6.45, 7) is 0. The molecule has 0 radical (unpaired) electrons. The van der Waals surface area contributed by atoms with E-state index in [9.17, 15) is 0 Å². The summed E-state index contributed by atoms with van der Waals surface area (Å²) >= 11 is 0. The summed E-state index contributed by atoms with van der Waals surface area (Å²) in [5, 5.41) is 8.26. The van der Waals surface area contributed by atoms with E-state index in [0.717, 1.165) is 29.6 Å². The Morgan fingerprint density at radius 1 is 1.19 bits per heavy atom. The van der Waals surface area contributed by atoms with Gasteiger partial charge in [0.05, 0.1) is 11.7 Å². The number of benzene rings is 1. The van der Waals surface area contributed by atoms with Crippen LogP contribution in [0.15, 0.2) is 36.8 Å². The Morgan fingerprint density at radius 3 is 3.06 bits per heavy atom. The number of aryl methyl sites for hydroxylation is 2. The van der Waals surface area contributed by atoms with Crippen molar-refractivity contribution in [1.29, 1.82) is 0 Å². The summed E-state index contributed by atoms with van der Waals surface area (Å²) in [5.74, 6) is 1.02. The van der Waals surface area contributed by atoms with Crippen molar-refractivity contribution < 1.29 is 0 Å². The first-order valence-corrected chi connectivity index (χ1v) is 5.33. The number of rotatable bonds is 3. The lowest BCUT2D eigenvalue weighted by Gasteiger charge is -2.01. The van der Waals surface area contributed by atoms with Gasteiger partial charge in [0.2, 0.25) is 0 Å². The number of hydrogen-bond donors (Lipinski definition) is 2. The molecule has 0 amide bonds. The normalized spacial score (nSPS) is 11.0. The van der Waals surface area contributed by atoms with E-state index < -0.39 is 0 Å². The third-order valence-electron chi connectivity index (χ3n) is 2.75. The monoisotopic (exact) mass is 212 g/mol. The highest BCUT2D eigenvalue weighted by molar-refractivity contribution is 5.81. The molecular weight excluding hydrogens is 200 g/mol. The van der Waals surface area contributed by atoms with Crippen LogP contribution in [0.25, 0.3) is 10.9 Å². The lowest BCUT2D eigenvalue weighted by atomic mass is 10.1. The number of aromatic nitrogens is 4. The van der Waals surface area contributed by atoms with E-state index in [4.69, 9.17) is 0 Å². The zero-order chi connectivity index (χ0) is 10.8. The van der Waals surface area contributed by atoms with Gasteiger partial charge in [-0.15, -0.1) is 0 Å². The maximum atomic E-state index is 4.22. The van der Waals surface area contributed by atoms with E-state index in [1.54, 1.807) is 6.20 Å². The summed E-state index contributed by atoms with van der Waals surface area (Å²) < 4.78 is 0. The third kappa shape index (κ3) is 1.58. The minimum absolute atomic E-state index is 0.922. The van der Waals surface area contributed by atoms with E-state index >= 15 is 0 Å². The molecule has 0 fully saturated rings. The average molecular weight is 212 g/mol. The predicted molar refractivity (Wildman–Crippen MR) is 62.1 cm³/mol. The lowest BCUT2D eigenvalue weighted by molar-refractivity contribution is 0.886. The maximum absolute atomic E-state index is 4.22. The molecule has 0 bridgehead atoms. The first-order chi connectivity index (χ1) is 7.93. The number of fused-ring (bicyclic) bond motifs is 1. The summed E-state index contributed by atoms with van der Waals surface area (Å²) in [6, 6.07) is 6.26. The van der Waals surface area contributed by atoms with Crippen LogP contribution in [0.5, 0.6) is 0 Å². The van der Waals surface area contributed by atoms with Gasteiger partial charge in [-0.1, -0.05) is 18.2 Å². The van der Waals surface area contributed by atoms with E-state index in [0.29, 0.717) is 0 Å². The molecule has 16 heavy (non-hydrogen) atoms. The fourth-order valence-electron chi connectivity index (χ4n) is 1.93. The zero-order valence-corrected chi connectivity index (χ0v) is 8.77. The summed E-state index contributed by atoms with van der Waals surface area (Å²) in [6.07, 6.45) is 7.38. The molecule has 2 aromatic heterocycles. The number of hydrogen-bond acceptors (Lipinski definition) is 2. The summed E-state index contributed by atoms with van der Waals surface area (Å²) in [7, 11) is 0. The minimum atomic E-state index is 0.922.